The smallest absolute Gasteiger partial charge is 0.269 e. The maximum Gasteiger partial charge on any atom is 0.269 e. The van der Waals surface area contributed by atoms with Gasteiger partial charge in [0.25, 0.3) is 5.69 Å². The Morgan fingerprint density at radius 1 is 1.08 bits per heavy atom. The molecule has 0 aliphatic heterocycles. The molecular weight excluding hydrogens is 340 g/mol. The molecule has 0 atom stereocenters. The van der Waals surface area contributed by atoms with Crippen molar-refractivity contribution in [2.45, 2.75) is 13.3 Å². The number of nitro groups is 1. The molecule has 0 aromatic heterocycles. The van der Waals surface area contributed by atoms with E-state index in [-0.39, 0.29) is 18.0 Å². The van der Waals surface area contributed by atoms with Gasteiger partial charge in [-0.1, -0.05) is 0 Å². The van der Waals surface area contributed by atoms with Crippen molar-refractivity contribution in [3.8, 4) is 17.2 Å². The van der Waals surface area contributed by atoms with Crippen LogP contribution in [-0.4, -0.2) is 32.2 Å². The summed E-state index contributed by atoms with van der Waals surface area (Å²) >= 11 is 0. The van der Waals surface area contributed by atoms with Crippen molar-refractivity contribution < 1.29 is 23.9 Å². The molecule has 0 aliphatic carbocycles. The fraction of sp³-hybridized carbons (Fsp3) is 0.278. The number of nitrogens with one attached hydrogen (secondary N) is 1. The van der Waals surface area contributed by atoms with Crippen molar-refractivity contribution in [2.24, 2.45) is 0 Å². The molecule has 0 aliphatic rings. The molecule has 0 radical (unpaired) electrons. The van der Waals surface area contributed by atoms with Crippen molar-refractivity contribution in [2.75, 3.05) is 26.6 Å². The predicted octanol–water partition coefficient (Wildman–Crippen LogP) is 3.11. The fourth-order valence-corrected chi connectivity index (χ4v) is 2.52. The van der Waals surface area contributed by atoms with E-state index in [1.807, 2.05) is 0 Å². The highest BCUT2D eigenvalue weighted by Crippen LogP contribution is 2.38. The Bertz CT molecular complexity index is 809. The van der Waals surface area contributed by atoms with Crippen LogP contribution in [0.5, 0.6) is 17.2 Å². The molecule has 26 heavy (non-hydrogen) atoms. The molecule has 0 heterocycles. The van der Waals surface area contributed by atoms with Gasteiger partial charge in [-0.05, 0) is 36.2 Å². The number of nitro benzene ring substituents is 1. The summed E-state index contributed by atoms with van der Waals surface area (Å²) in [5, 5.41) is 13.5. The van der Waals surface area contributed by atoms with Gasteiger partial charge in [-0.2, -0.15) is 0 Å². The average molecular weight is 360 g/mol. The SMILES string of the molecule is COc1cc(CC(=O)Nc2ccc([N+](=O)[O-])cc2C)cc(OC)c1OC. The van der Waals surface area contributed by atoms with E-state index < -0.39 is 4.92 Å². The lowest BCUT2D eigenvalue weighted by atomic mass is 10.1. The molecule has 2 rings (SSSR count). The zero-order valence-electron chi connectivity index (χ0n) is 15.0. The van der Waals surface area contributed by atoms with Crippen LogP contribution in [0.25, 0.3) is 0 Å². The number of methoxy groups -OCH3 is 3. The Hall–Kier alpha value is -3.29. The zero-order chi connectivity index (χ0) is 19.3. The Labute approximate surface area is 150 Å². The van der Waals surface area contributed by atoms with Crippen LogP contribution < -0.4 is 19.5 Å². The minimum absolute atomic E-state index is 0.0230. The first-order valence-corrected chi connectivity index (χ1v) is 7.73. The summed E-state index contributed by atoms with van der Waals surface area (Å²) in [6, 6.07) is 7.67. The standard InChI is InChI=1S/C18H20N2O6/c1-11-7-13(20(22)23)5-6-14(11)19-17(21)10-12-8-15(24-2)18(26-4)16(9-12)25-3/h5-9H,10H2,1-4H3,(H,19,21). The van der Waals surface area contributed by atoms with Crippen LogP contribution >= 0.6 is 0 Å². The number of carbonyl (C=O) groups excluding carboxylic acids is 1. The van der Waals surface area contributed by atoms with Crippen LogP contribution in [-0.2, 0) is 11.2 Å². The number of nitrogens with zero attached hydrogens (tertiary/aromatic N) is 1. The lowest BCUT2D eigenvalue weighted by Gasteiger charge is -2.14. The predicted molar refractivity (Wildman–Crippen MR) is 96.3 cm³/mol. The highest BCUT2D eigenvalue weighted by Gasteiger charge is 2.16. The van der Waals surface area contributed by atoms with E-state index in [0.29, 0.717) is 34.1 Å². The Kier molecular flexibility index (Phi) is 6.00. The number of non-ortho nitro benzene ring substituents is 1. The summed E-state index contributed by atoms with van der Waals surface area (Å²) < 4.78 is 15.8. The zero-order valence-corrected chi connectivity index (χ0v) is 15.0. The summed E-state index contributed by atoms with van der Waals surface area (Å²) in [6.45, 7) is 1.70. The largest absolute Gasteiger partial charge is 0.493 e. The van der Waals surface area contributed by atoms with Crippen molar-refractivity contribution in [3.63, 3.8) is 0 Å². The van der Waals surface area contributed by atoms with Gasteiger partial charge in [0.1, 0.15) is 0 Å². The quantitative estimate of drug-likeness (QED) is 0.601. The third-order valence-corrected chi connectivity index (χ3v) is 3.78. The van der Waals surface area contributed by atoms with Gasteiger partial charge in [0, 0.05) is 17.8 Å². The van der Waals surface area contributed by atoms with Crippen LogP contribution in [0.2, 0.25) is 0 Å². The second-order valence-electron chi connectivity index (χ2n) is 5.51. The molecule has 8 heteroatoms. The summed E-state index contributed by atoms with van der Waals surface area (Å²) in [5.74, 6) is 1.10. The molecule has 0 spiro atoms. The van der Waals surface area contributed by atoms with Crippen molar-refractivity contribution in [3.05, 3.63) is 51.6 Å². The van der Waals surface area contributed by atoms with E-state index in [4.69, 9.17) is 14.2 Å². The second kappa shape index (κ2) is 8.19. The maximum absolute atomic E-state index is 12.3. The van der Waals surface area contributed by atoms with Crippen molar-refractivity contribution >= 4 is 17.3 Å². The van der Waals surface area contributed by atoms with E-state index in [1.165, 1.54) is 39.5 Å². The number of hydrogen-bond acceptors (Lipinski definition) is 6. The molecule has 0 saturated carbocycles. The van der Waals surface area contributed by atoms with E-state index >= 15 is 0 Å². The van der Waals surface area contributed by atoms with Gasteiger partial charge < -0.3 is 19.5 Å². The summed E-state index contributed by atoms with van der Waals surface area (Å²) in [5.41, 5.74) is 1.78. The highest BCUT2D eigenvalue weighted by atomic mass is 16.6. The first kappa shape index (κ1) is 19.0. The fourth-order valence-electron chi connectivity index (χ4n) is 2.52. The van der Waals surface area contributed by atoms with Gasteiger partial charge in [0.05, 0.1) is 32.7 Å². The molecule has 0 saturated heterocycles. The number of carbonyl (C=O) groups is 1. The van der Waals surface area contributed by atoms with E-state index in [9.17, 15) is 14.9 Å². The molecule has 2 aromatic carbocycles. The third-order valence-electron chi connectivity index (χ3n) is 3.78. The van der Waals surface area contributed by atoms with Gasteiger partial charge in [-0.3, -0.25) is 14.9 Å². The van der Waals surface area contributed by atoms with Crippen molar-refractivity contribution in [1.29, 1.82) is 0 Å². The maximum atomic E-state index is 12.3. The van der Waals surface area contributed by atoms with Gasteiger partial charge in [-0.15, -0.1) is 0 Å². The topological polar surface area (TPSA) is 99.9 Å². The Balaban J connectivity index is 2.19. The number of hydrogen-bond donors (Lipinski definition) is 1. The van der Waals surface area contributed by atoms with E-state index in [1.54, 1.807) is 19.1 Å². The van der Waals surface area contributed by atoms with Crippen LogP contribution in [0.15, 0.2) is 30.3 Å². The van der Waals surface area contributed by atoms with Crippen LogP contribution in [0.4, 0.5) is 11.4 Å². The molecule has 138 valence electrons. The lowest BCUT2D eigenvalue weighted by Crippen LogP contribution is -2.15. The Morgan fingerprint density at radius 2 is 1.69 bits per heavy atom. The van der Waals surface area contributed by atoms with Crippen molar-refractivity contribution in [1.82, 2.24) is 0 Å². The molecule has 0 bridgehead atoms. The van der Waals surface area contributed by atoms with Gasteiger partial charge in [0.2, 0.25) is 11.7 Å². The van der Waals surface area contributed by atoms with Gasteiger partial charge in [-0.25, -0.2) is 0 Å². The molecule has 0 fully saturated rings. The number of benzene rings is 2. The minimum Gasteiger partial charge on any atom is -0.493 e. The monoisotopic (exact) mass is 360 g/mol. The summed E-state index contributed by atoms with van der Waals surface area (Å²) in [7, 11) is 4.51. The van der Waals surface area contributed by atoms with Gasteiger partial charge >= 0.3 is 0 Å². The molecule has 0 unspecified atom stereocenters. The van der Waals surface area contributed by atoms with E-state index in [0.717, 1.165) is 0 Å². The third kappa shape index (κ3) is 4.21. The van der Waals surface area contributed by atoms with Gasteiger partial charge in [0.15, 0.2) is 11.5 Å². The first-order valence-electron chi connectivity index (χ1n) is 7.73. The lowest BCUT2D eigenvalue weighted by molar-refractivity contribution is -0.384. The number of rotatable bonds is 7. The van der Waals surface area contributed by atoms with E-state index in [2.05, 4.69) is 5.32 Å². The molecule has 2 aromatic rings. The molecule has 1 N–H and O–H groups in total. The number of ether oxygens (including phenoxy) is 3. The summed E-state index contributed by atoms with van der Waals surface area (Å²) in [4.78, 5) is 22.7. The number of anilines is 1. The summed E-state index contributed by atoms with van der Waals surface area (Å²) in [6.07, 6.45) is 0.0765. The Morgan fingerprint density at radius 3 is 2.15 bits per heavy atom. The molecule has 1 amide bonds. The first-order chi connectivity index (χ1) is 12.4. The van der Waals surface area contributed by atoms with Crippen LogP contribution in [0.3, 0.4) is 0 Å². The number of amides is 1. The molecule has 8 nitrogen and oxygen atoms in total. The van der Waals surface area contributed by atoms with Crippen LogP contribution in [0, 0.1) is 17.0 Å². The minimum atomic E-state index is -0.478. The molecular formula is C18H20N2O6. The second-order valence-corrected chi connectivity index (χ2v) is 5.51. The van der Waals surface area contributed by atoms with Crippen LogP contribution in [0.1, 0.15) is 11.1 Å². The highest BCUT2D eigenvalue weighted by molar-refractivity contribution is 5.93. The normalized spacial score (nSPS) is 10.2. The average Bonchev–Trinajstić information content (AvgIpc) is 2.62. The number of aryl methyl sites for hydroxylation is 1.